The van der Waals surface area contributed by atoms with Crippen LogP contribution in [0.5, 0.6) is 0 Å². The molecule has 1 rings (SSSR count). The minimum atomic E-state index is -3.66. The number of halogens is 2. The van der Waals surface area contributed by atoms with Crippen molar-refractivity contribution in [1.29, 1.82) is 0 Å². The summed E-state index contributed by atoms with van der Waals surface area (Å²) in [6, 6.07) is 3.92. The van der Waals surface area contributed by atoms with Crippen LogP contribution in [0.2, 0.25) is 0 Å². The Morgan fingerprint density at radius 3 is 2.53 bits per heavy atom. The van der Waals surface area contributed by atoms with E-state index < -0.39 is 22.6 Å². The van der Waals surface area contributed by atoms with Gasteiger partial charge in [-0.15, -0.1) is 0 Å². The standard InChI is InChI=1S/C10H15F2N3O3S/c1-14-19(17,18)9-3-2-6(4-7(9)13)15-5-8(16)10(11)12/h2-4,8,10,14-16H,5,13H2,1H3. The van der Waals surface area contributed by atoms with Crippen molar-refractivity contribution in [1.82, 2.24) is 4.72 Å². The lowest BCUT2D eigenvalue weighted by atomic mass is 10.2. The van der Waals surface area contributed by atoms with Crippen LogP contribution in [0, 0.1) is 0 Å². The number of rotatable bonds is 6. The van der Waals surface area contributed by atoms with Crippen LogP contribution in [-0.2, 0) is 10.0 Å². The summed E-state index contributed by atoms with van der Waals surface area (Å²) in [5, 5.41) is 11.5. The van der Waals surface area contributed by atoms with Crippen molar-refractivity contribution in [3.05, 3.63) is 18.2 Å². The van der Waals surface area contributed by atoms with Gasteiger partial charge in [-0.25, -0.2) is 21.9 Å². The summed E-state index contributed by atoms with van der Waals surface area (Å²) in [6.07, 6.45) is -4.66. The van der Waals surface area contributed by atoms with Crippen LogP contribution in [0.15, 0.2) is 23.1 Å². The van der Waals surface area contributed by atoms with E-state index in [2.05, 4.69) is 10.0 Å². The fraction of sp³-hybridized carbons (Fsp3) is 0.400. The minimum absolute atomic E-state index is 0.0223. The highest BCUT2D eigenvalue weighted by Crippen LogP contribution is 2.22. The number of alkyl halides is 2. The van der Waals surface area contributed by atoms with E-state index in [-0.39, 0.29) is 17.1 Å². The van der Waals surface area contributed by atoms with Crippen molar-refractivity contribution >= 4 is 21.4 Å². The number of nitrogens with two attached hydrogens (primary N) is 1. The maximum absolute atomic E-state index is 12.1. The number of sulfonamides is 1. The Bertz CT molecular complexity index is 537. The van der Waals surface area contributed by atoms with Gasteiger partial charge in [-0.05, 0) is 25.2 Å². The highest BCUT2D eigenvalue weighted by molar-refractivity contribution is 7.89. The van der Waals surface area contributed by atoms with E-state index >= 15 is 0 Å². The fourth-order valence-electron chi connectivity index (χ4n) is 1.32. The normalized spacial score (nSPS) is 13.5. The van der Waals surface area contributed by atoms with E-state index in [9.17, 15) is 17.2 Å². The van der Waals surface area contributed by atoms with E-state index in [1.165, 1.54) is 25.2 Å². The topological polar surface area (TPSA) is 104 Å². The highest BCUT2D eigenvalue weighted by atomic mass is 32.2. The molecule has 1 unspecified atom stereocenters. The van der Waals surface area contributed by atoms with Gasteiger partial charge in [-0.3, -0.25) is 0 Å². The van der Waals surface area contributed by atoms with Crippen LogP contribution in [0.4, 0.5) is 20.2 Å². The lowest BCUT2D eigenvalue weighted by Crippen LogP contribution is -2.26. The van der Waals surface area contributed by atoms with Gasteiger partial charge < -0.3 is 16.2 Å². The average Bonchev–Trinajstić information content (AvgIpc) is 2.35. The third-order valence-electron chi connectivity index (χ3n) is 2.37. The molecule has 108 valence electrons. The molecule has 0 amide bonds. The molecule has 0 saturated heterocycles. The average molecular weight is 295 g/mol. The van der Waals surface area contributed by atoms with Crippen LogP contribution < -0.4 is 15.8 Å². The molecule has 0 aromatic heterocycles. The van der Waals surface area contributed by atoms with E-state index in [1.54, 1.807) is 0 Å². The van der Waals surface area contributed by atoms with Crippen LogP contribution in [-0.4, -0.2) is 39.6 Å². The second kappa shape index (κ2) is 6.13. The number of aliphatic hydroxyl groups excluding tert-OH is 1. The van der Waals surface area contributed by atoms with Gasteiger partial charge in [0.2, 0.25) is 10.0 Å². The minimum Gasteiger partial charge on any atom is -0.398 e. The first-order valence-electron chi connectivity index (χ1n) is 5.31. The highest BCUT2D eigenvalue weighted by Gasteiger charge is 2.18. The van der Waals surface area contributed by atoms with Crippen molar-refractivity contribution in [2.75, 3.05) is 24.6 Å². The Morgan fingerprint density at radius 2 is 2.05 bits per heavy atom. The summed E-state index contributed by atoms with van der Waals surface area (Å²) in [4.78, 5) is -0.102. The molecule has 6 nitrogen and oxygen atoms in total. The molecule has 0 heterocycles. The van der Waals surface area contributed by atoms with Crippen molar-refractivity contribution < 1.29 is 22.3 Å². The first-order valence-corrected chi connectivity index (χ1v) is 6.79. The van der Waals surface area contributed by atoms with Gasteiger partial charge in [0.25, 0.3) is 6.43 Å². The van der Waals surface area contributed by atoms with Gasteiger partial charge >= 0.3 is 0 Å². The molecule has 0 aliphatic heterocycles. The Hall–Kier alpha value is -1.45. The van der Waals surface area contributed by atoms with E-state index in [1.807, 2.05) is 0 Å². The fourth-order valence-corrected chi connectivity index (χ4v) is 2.16. The lowest BCUT2D eigenvalue weighted by molar-refractivity contribution is 0.00385. The number of anilines is 2. The molecule has 1 atom stereocenters. The zero-order valence-corrected chi connectivity index (χ0v) is 10.9. The molecule has 1 aromatic rings. The van der Waals surface area contributed by atoms with Crippen molar-refractivity contribution in [3.8, 4) is 0 Å². The van der Waals surface area contributed by atoms with E-state index in [0.717, 1.165) is 0 Å². The van der Waals surface area contributed by atoms with Gasteiger partial charge in [-0.1, -0.05) is 0 Å². The van der Waals surface area contributed by atoms with Crippen molar-refractivity contribution in [3.63, 3.8) is 0 Å². The first-order chi connectivity index (χ1) is 8.77. The van der Waals surface area contributed by atoms with Gasteiger partial charge in [0.05, 0.1) is 5.69 Å². The largest absolute Gasteiger partial charge is 0.398 e. The Morgan fingerprint density at radius 1 is 1.42 bits per heavy atom. The van der Waals surface area contributed by atoms with Gasteiger partial charge in [0.1, 0.15) is 11.0 Å². The Kier molecular flexibility index (Phi) is 5.04. The van der Waals surface area contributed by atoms with Gasteiger partial charge in [-0.2, -0.15) is 0 Å². The van der Waals surface area contributed by atoms with Gasteiger partial charge in [0.15, 0.2) is 0 Å². The summed E-state index contributed by atoms with van der Waals surface area (Å²) < 4.78 is 49.3. The second-order valence-corrected chi connectivity index (χ2v) is 5.60. The summed E-state index contributed by atoms with van der Waals surface area (Å²) in [5.41, 5.74) is 5.90. The number of hydrogen-bond acceptors (Lipinski definition) is 5. The third kappa shape index (κ3) is 4.01. The van der Waals surface area contributed by atoms with Crippen LogP contribution in [0.1, 0.15) is 0 Å². The predicted molar refractivity (Wildman–Crippen MR) is 67.6 cm³/mol. The lowest BCUT2D eigenvalue weighted by Gasteiger charge is -2.13. The molecular weight excluding hydrogens is 280 g/mol. The second-order valence-electron chi connectivity index (χ2n) is 3.74. The summed E-state index contributed by atoms with van der Waals surface area (Å²) >= 11 is 0. The number of nitrogen functional groups attached to an aromatic ring is 1. The van der Waals surface area contributed by atoms with Crippen molar-refractivity contribution in [2.24, 2.45) is 0 Å². The molecule has 0 saturated carbocycles. The Labute approximate surface area is 109 Å². The molecule has 1 aromatic carbocycles. The smallest absolute Gasteiger partial charge is 0.265 e. The van der Waals surface area contributed by atoms with Crippen molar-refractivity contribution in [2.45, 2.75) is 17.4 Å². The molecular formula is C10H15F2N3O3S. The quantitative estimate of drug-likeness (QED) is 0.562. The molecule has 0 radical (unpaired) electrons. The molecule has 0 bridgehead atoms. The SMILES string of the molecule is CNS(=O)(=O)c1ccc(NCC(O)C(F)F)cc1N. The number of hydrogen-bond donors (Lipinski definition) is 4. The van der Waals surface area contributed by atoms with Crippen LogP contribution >= 0.6 is 0 Å². The maximum Gasteiger partial charge on any atom is 0.265 e. The number of nitrogens with one attached hydrogen (secondary N) is 2. The van der Waals surface area contributed by atoms with E-state index in [4.69, 9.17) is 10.8 Å². The number of aliphatic hydroxyl groups is 1. The molecule has 9 heteroatoms. The summed E-state index contributed by atoms with van der Waals surface area (Å²) in [5.74, 6) is 0. The van der Waals surface area contributed by atoms with Crippen LogP contribution in [0.3, 0.4) is 0 Å². The maximum atomic E-state index is 12.1. The molecule has 19 heavy (non-hydrogen) atoms. The zero-order valence-electron chi connectivity index (χ0n) is 10.1. The molecule has 5 N–H and O–H groups in total. The predicted octanol–water partition coefficient (Wildman–Crippen LogP) is 0.215. The van der Waals surface area contributed by atoms with E-state index in [0.29, 0.717) is 5.69 Å². The molecule has 0 fully saturated rings. The molecule has 0 aliphatic rings. The summed E-state index contributed by atoms with van der Waals surface area (Å²) in [7, 11) is -2.41. The number of benzene rings is 1. The van der Waals surface area contributed by atoms with Crippen LogP contribution in [0.25, 0.3) is 0 Å². The summed E-state index contributed by atoms with van der Waals surface area (Å²) in [6.45, 7) is -0.366. The Balaban J connectivity index is 2.84. The third-order valence-corrected chi connectivity index (χ3v) is 3.86. The molecule has 0 aliphatic carbocycles. The van der Waals surface area contributed by atoms with Gasteiger partial charge in [0, 0.05) is 12.2 Å². The molecule has 0 spiro atoms. The zero-order chi connectivity index (χ0) is 14.6. The monoisotopic (exact) mass is 295 g/mol. The first kappa shape index (κ1) is 15.6.